The van der Waals surface area contributed by atoms with E-state index in [-0.39, 0.29) is 18.2 Å². The fourth-order valence-electron chi connectivity index (χ4n) is 5.81. The van der Waals surface area contributed by atoms with Crippen LogP contribution >= 0.6 is 0 Å². The van der Waals surface area contributed by atoms with Gasteiger partial charge in [-0.1, -0.05) is 0 Å². The van der Waals surface area contributed by atoms with E-state index in [4.69, 9.17) is 14.2 Å². The fourth-order valence-corrected chi connectivity index (χ4v) is 5.81. The van der Waals surface area contributed by atoms with Crippen LogP contribution in [0.15, 0.2) is 79.4 Å². The fraction of sp³-hybridized carbons (Fsp3) is 0.257. The zero-order valence-corrected chi connectivity index (χ0v) is 26.2. The van der Waals surface area contributed by atoms with Crippen molar-refractivity contribution in [3.05, 3.63) is 90.5 Å². The van der Waals surface area contributed by atoms with Crippen molar-refractivity contribution in [2.75, 3.05) is 38.8 Å². The zero-order chi connectivity index (χ0) is 33.0. The molecule has 1 fully saturated rings. The van der Waals surface area contributed by atoms with Crippen molar-refractivity contribution in [2.24, 2.45) is 0 Å². The zero-order valence-electron chi connectivity index (χ0n) is 26.2. The Balaban J connectivity index is 0.829. The number of nitrogens with one attached hydrogen (secondary N) is 2. The van der Waals surface area contributed by atoms with E-state index in [0.29, 0.717) is 50.6 Å². The third-order valence-corrected chi connectivity index (χ3v) is 8.32. The maximum absolute atomic E-state index is 12.9. The number of aromatic nitrogens is 4. The highest BCUT2D eigenvalue weighted by Crippen LogP contribution is 2.30. The smallest absolute Gasteiger partial charge is 0.255 e. The number of piperidine rings is 1. The molecule has 1 aromatic carbocycles. The monoisotopic (exact) mass is 647 g/mol. The molecular formula is C35H33N7O6. The van der Waals surface area contributed by atoms with Gasteiger partial charge in [0.1, 0.15) is 35.6 Å². The van der Waals surface area contributed by atoms with E-state index in [1.165, 1.54) is 4.90 Å². The van der Waals surface area contributed by atoms with Gasteiger partial charge < -0.3 is 28.8 Å². The molecule has 6 heterocycles. The number of pyridine rings is 3. The summed E-state index contributed by atoms with van der Waals surface area (Å²) in [5.41, 5.74) is 5.64. The van der Waals surface area contributed by atoms with Crippen LogP contribution in [0.2, 0.25) is 0 Å². The van der Waals surface area contributed by atoms with Crippen LogP contribution in [-0.4, -0.2) is 81.5 Å². The lowest BCUT2D eigenvalue weighted by Crippen LogP contribution is -2.52. The molecule has 0 saturated carbocycles. The van der Waals surface area contributed by atoms with Gasteiger partial charge in [-0.25, -0.2) is 9.97 Å². The molecule has 7 rings (SSSR count). The molecule has 1 atom stereocenters. The Morgan fingerprint density at radius 2 is 1.73 bits per heavy atom. The van der Waals surface area contributed by atoms with Crippen LogP contribution in [0.1, 0.15) is 28.8 Å². The van der Waals surface area contributed by atoms with E-state index in [0.717, 1.165) is 45.3 Å². The minimum atomic E-state index is -0.640. The molecule has 244 valence electrons. The summed E-state index contributed by atoms with van der Waals surface area (Å²) in [5, 5.41) is 5.57. The van der Waals surface area contributed by atoms with Gasteiger partial charge in [-0.3, -0.25) is 24.7 Å². The van der Waals surface area contributed by atoms with Crippen molar-refractivity contribution in [1.82, 2.24) is 29.6 Å². The molecule has 13 heteroatoms. The first-order valence-electron chi connectivity index (χ1n) is 15.6. The van der Waals surface area contributed by atoms with Crippen LogP contribution in [0.5, 0.6) is 11.5 Å². The Morgan fingerprint density at radius 3 is 2.52 bits per heavy atom. The summed E-state index contributed by atoms with van der Waals surface area (Å²) in [7, 11) is 1.64. The van der Waals surface area contributed by atoms with Crippen molar-refractivity contribution in [1.29, 1.82) is 0 Å². The molecule has 48 heavy (non-hydrogen) atoms. The van der Waals surface area contributed by atoms with Gasteiger partial charge >= 0.3 is 0 Å². The number of benzene rings is 1. The third-order valence-electron chi connectivity index (χ3n) is 8.32. The van der Waals surface area contributed by atoms with E-state index in [1.54, 1.807) is 25.4 Å². The number of fused-ring (bicyclic) bond motifs is 2. The summed E-state index contributed by atoms with van der Waals surface area (Å²) in [6.45, 7) is 2.07. The molecule has 1 saturated heterocycles. The standard InChI is InChI=1S/C35H33N7O6/c1-46-26-5-10-32-39-29(21-41(32)20-26)23-2-7-28(37-17-23)22-3-9-31(38-18-22)36-12-13-47-14-15-48-25-4-6-27-24(16-25)19-42(35(27)45)30-8-11-33(43)40-34(30)44/h2-7,9-10,16-18,20-21,30H,8,11-15,19H2,1H3,(H,36,38)(H,40,43,44). The first-order valence-corrected chi connectivity index (χ1v) is 15.6. The maximum Gasteiger partial charge on any atom is 0.255 e. The molecule has 4 aromatic heterocycles. The van der Waals surface area contributed by atoms with Gasteiger partial charge in [0.15, 0.2) is 0 Å². The van der Waals surface area contributed by atoms with E-state index < -0.39 is 11.9 Å². The molecule has 0 radical (unpaired) electrons. The SMILES string of the molecule is COc1ccc2nc(-c3ccc(-c4ccc(NCCOCCOc5ccc6c(c5)CN(C5CCC(=O)NC5=O)C6=O)nc4)nc3)cn2c1. The van der Waals surface area contributed by atoms with Crippen LogP contribution < -0.4 is 20.1 Å². The average molecular weight is 648 g/mol. The second-order valence-electron chi connectivity index (χ2n) is 11.4. The van der Waals surface area contributed by atoms with Crippen LogP contribution in [0.4, 0.5) is 5.82 Å². The molecule has 2 aliphatic rings. The van der Waals surface area contributed by atoms with Crippen molar-refractivity contribution >= 4 is 29.2 Å². The highest BCUT2D eigenvalue weighted by Gasteiger charge is 2.39. The molecule has 13 nitrogen and oxygen atoms in total. The van der Waals surface area contributed by atoms with Crippen LogP contribution in [0, 0.1) is 0 Å². The summed E-state index contributed by atoms with van der Waals surface area (Å²) >= 11 is 0. The Kier molecular flexibility index (Phi) is 8.67. The molecule has 0 spiro atoms. The number of nitrogens with zero attached hydrogens (tertiary/aromatic N) is 5. The van der Waals surface area contributed by atoms with Gasteiger partial charge in [-0.05, 0) is 66.6 Å². The van der Waals surface area contributed by atoms with Crippen LogP contribution in [0.3, 0.4) is 0 Å². The topological polar surface area (TPSA) is 149 Å². The van der Waals surface area contributed by atoms with Gasteiger partial charge in [0.25, 0.3) is 5.91 Å². The second kappa shape index (κ2) is 13.5. The van der Waals surface area contributed by atoms with E-state index >= 15 is 0 Å². The van der Waals surface area contributed by atoms with E-state index in [9.17, 15) is 14.4 Å². The lowest BCUT2D eigenvalue weighted by molar-refractivity contribution is -0.136. The number of amides is 3. The second-order valence-corrected chi connectivity index (χ2v) is 11.4. The number of anilines is 1. The van der Waals surface area contributed by atoms with Gasteiger partial charge in [-0.2, -0.15) is 0 Å². The quantitative estimate of drug-likeness (QED) is 0.152. The number of ether oxygens (including phenoxy) is 3. The molecule has 1 unspecified atom stereocenters. The molecule has 3 amide bonds. The van der Waals surface area contributed by atoms with Crippen LogP contribution in [-0.2, 0) is 20.9 Å². The Labute approximate surface area is 275 Å². The van der Waals surface area contributed by atoms with Gasteiger partial charge in [-0.15, -0.1) is 0 Å². The summed E-state index contributed by atoms with van der Waals surface area (Å²) in [6, 6.07) is 16.3. The predicted octanol–water partition coefficient (Wildman–Crippen LogP) is 3.74. The van der Waals surface area contributed by atoms with Crippen molar-refractivity contribution < 1.29 is 28.6 Å². The van der Waals surface area contributed by atoms with Crippen molar-refractivity contribution in [3.8, 4) is 34.0 Å². The maximum atomic E-state index is 12.9. The number of methoxy groups -OCH3 is 1. The van der Waals surface area contributed by atoms with Crippen molar-refractivity contribution in [2.45, 2.75) is 25.4 Å². The van der Waals surface area contributed by atoms with Gasteiger partial charge in [0.05, 0.1) is 37.9 Å². The first kappa shape index (κ1) is 30.8. The summed E-state index contributed by atoms with van der Waals surface area (Å²) < 4.78 is 18.8. The lowest BCUT2D eigenvalue weighted by atomic mass is 10.0. The molecule has 5 aromatic rings. The highest BCUT2D eigenvalue weighted by molar-refractivity contribution is 6.05. The minimum Gasteiger partial charge on any atom is -0.495 e. The molecule has 0 bridgehead atoms. The Morgan fingerprint density at radius 1 is 0.896 bits per heavy atom. The molecule has 0 aliphatic carbocycles. The lowest BCUT2D eigenvalue weighted by Gasteiger charge is -2.29. The van der Waals surface area contributed by atoms with E-state index in [2.05, 4.69) is 25.6 Å². The number of hydrogen-bond acceptors (Lipinski definition) is 10. The number of carbonyl (C=O) groups excluding carboxylic acids is 3. The highest BCUT2D eigenvalue weighted by atomic mass is 16.5. The number of hydrogen-bond donors (Lipinski definition) is 2. The first-order chi connectivity index (χ1) is 23.4. The number of imidazole rings is 1. The molecule has 2 N–H and O–H groups in total. The Hall–Kier alpha value is -5.82. The molecule has 2 aliphatic heterocycles. The minimum absolute atomic E-state index is 0.209. The number of imide groups is 1. The largest absolute Gasteiger partial charge is 0.495 e. The van der Waals surface area contributed by atoms with Gasteiger partial charge in [0, 0.05) is 54.8 Å². The van der Waals surface area contributed by atoms with Crippen LogP contribution in [0.25, 0.3) is 28.2 Å². The average Bonchev–Trinajstić information content (AvgIpc) is 3.68. The summed E-state index contributed by atoms with van der Waals surface area (Å²) in [6.07, 6.45) is 7.98. The van der Waals surface area contributed by atoms with Crippen molar-refractivity contribution in [3.63, 3.8) is 0 Å². The summed E-state index contributed by atoms with van der Waals surface area (Å²) in [5.74, 6) is 1.18. The third kappa shape index (κ3) is 6.53. The van der Waals surface area contributed by atoms with E-state index in [1.807, 2.05) is 65.5 Å². The van der Waals surface area contributed by atoms with Gasteiger partial charge in [0.2, 0.25) is 11.8 Å². The summed E-state index contributed by atoms with van der Waals surface area (Å²) in [4.78, 5) is 51.9. The normalized spacial score (nSPS) is 15.8. The Bertz CT molecular complexity index is 1980. The molecular weight excluding hydrogens is 614 g/mol. The number of carbonyl (C=O) groups is 3. The number of rotatable bonds is 12. The predicted molar refractivity (Wildman–Crippen MR) is 175 cm³/mol.